The first kappa shape index (κ1) is 26.2. The number of hydrogen-bond acceptors (Lipinski definition) is 8. The number of aliphatic hydroxyl groups excluding tert-OH is 1. The maximum Gasteiger partial charge on any atom is 0.407 e. The first-order chi connectivity index (χ1) is 17.2. The number of ether oxygens (including phenoxy) is 2. The van der Waals surface area contributed by atoms with Crippen LogP contribution >= 0.6 is 0 Å². The van der Waals surface area contributed by atoms with Crippen molar-refractivity contribution in [2.45, 2.75) is 31.6 Å². The van der Waals surface area contributed by atoms with Crippen LogP contribution in [0, 0.1) is 0 Å². The SMILES string of the molecule is COc1ccc2c(C[C@H](NC(=O)C[C@@H](O)CNC(=O)OCc3ccccc3)C(N)=O)cc(=O)oc2c1. The summed E-state index contributed by atoms with van der Waals surface area (Å²) in [6.45, 7) is -0.183. The predicted molar refractivity (Wildman–Crippen MR) is 129 cm³/mol. The van der Waals surface area contributed by atoms with Gasteiger partial charge in [0.1, 0.15) is 24.0 Å². The molecule has 0 unspecified atom stereocenters. The normalized spacial score (nSPS) is 12.4. The lowest BCUT2D eigenvalue weighted by Crippen LogP contribution is -2.47. The number of carbonyl (C=O) groups excluding carboxylic acids is 3. The Balaban J connectivity index is 1.54. The molecule has 0 saturated carbocycles. The van der Waals surface area contributed by atoms with Gasteiger partial charge in [-0.25, -0.2) is 9.59 Å². The van der Waals surface area contributed by atoms with Crippen molar-refractivity contribution >= 4 is 28.9 Å². The van der Waals surface area contributed by atoms with E-state index < -0.39 is 42.1 Å². The molecule has 0 radical (unpaired) electrons. The molecule has 0 saturated heterocycles. The number of alkyl carbamates (subject to hydrolysis) is 1. The molecule has 36 heavy (non-hydrogen) atoms. The topological polar surface area (TPSA) is 170 Å². The molecule has 2 atom stereocenters. The van der Waals surface area contributed by atoms with E-state index in [1.165, 1.54) is 19.2 Å². The molecule has 1 heterocycles. The third-order valence-electron chi connectivity index (χ3n) is 5.26. The van der Waals surface area contributed by atoms with Gasteiger partial charge in [0.15, 0.2) is 0 Å². The van der Waals surface area contributed by atoms with E-state index in [1.54, 1.807) is 24.3 Å². The molecule has 190 valence electrons. The zero-order chi connectivity index (χ0) is 26.1. The van der Waals surface area contributed by atoms with Gasteiger partial charge < -0.3 is 35.4 Å². The van der Waals surface area contributed by atoms with E-state index in [-0.39, 0.29) is 25.2 Å². The smallest absolute Gasteiger partial charge is 0.407 e. The van der Waals surface area contributed by atoms with E-state index in [0.717, 1.165) is 5.56 Å². The molecular weight excluding hydrogens is 470 g/mol. The number of nitrogens with two attached hydrogens (primary N) is 1. The van der Waals surface area contributed by atoms with Gasteiger partial charge in [0.25, 0.3) is 0 Å². The second kappa shape index (κ2) is 12.4. The number of methoxy groups -OCH3 is 1. The first-order valence-electron chi connectivity index (χ1n) is 11.1. The predicted octanol–water partition coefficient (Wildman–Crippen LogP) is 0.992. The molecule has 0 aliphatic carbocycles. The molecule has 0 aliphatic heterocycles. The van der Waals surface area contributed by atoms with Gasteiger partial charge in [0.05, 0.1) is 19.6 Å². The minimum absolute atomic E-state index is 0.0584. The van der Waals surface area contributed by atoms with Crippen LogP contribution < -0.4 is 26.7 Å². The zero-order valence-electron chi connectivity index (χ0n) is 19.6. The van der Waals surface area contributed by atoms with Crippen molar-refractivity contribution in [3.8, 4) is 5.75 Å². The monoisotopic (exact) mass is 497 g/mol. The fourth-order valence-corrected chi connectivity index (χ4v) is 3.46. The summed E-state index contributed by atoms with van der Waals surface area (Å²) in [7, 11) is 1.47. The summed E-state index contributed by atoms with van der Waals surface area (Å²) < 4.78 is 15.4. The molecule has 0 bridgehead atoms. The molecule has 11 nitrogen and oxygen atoms in total. The average molecular weight is 498 g/mol. The van der Waals surface area contributed by atoms with Gasteiger partial charge in [0, 0.05) is 30.5 Å². The highest BCUT2D eigenvalue weighted by atomic mass is 16.5. The minimum atomic E-state index is -1.24. The van der Waals surface area contributed by atoms with Crippen molar-refractivity contribution in [2.75, 3.05) is 13.7 Å². The lowest BCUT2D eigenvalue weighted by molar-refractivity contribution is -0.128. The molecule has 3 amide bonds. The van der Waals surface area contributed by atoms with Crippen molar-refractivity contribution in [1.29, 1.82) is 0 Å². The Morgan fingerprint density at radius 2 is 1.86 bits per heavy atom. The summed E-state index contributed by atoms with van der Waals surface area (Å²) in [6.07, 6.45) is -2.47. The maximum absolute atomic E-state index is 12.4. The van der Waals surface area contributed by atoms with Crippen LogP contribution in [0.3, 0.4) is 0 Å². The quantitative estimate of drug-likeness (QED) is 0.284. The second-order valence-electron chi connectivity index (χ2n) is 7.98. The van der Waals surface area contributed by atoms with Gasteiger partial charge >= 0.3 is 11.7 Å². The molecular formula is C25H27N3O8. The number of rotatable bonds is 11. The van der Waals surface area contributed by atoms with Gasteiger partial charge in [-0.15, -0.1) is 0 Å². The summed E-state index contributed by atoms with van der Waals surface area (Å²) in [5, 5.41) is 15.5. The van der Waals surface area contributed by atoms with Crippen LogP contribution in [0.2, 0.25) is 0 Å². The van der Waals surface area contributed by atoms with Crippen LogP contribution in [0.15, 0.2) is 63.8 Å². The summed E-state index contributed by atoms with van der Waals surface area (Å²) in [5.74, 6) is -1.01. The van der Waals surface area contributed by atoms with E-state index in [1.807, 2.05) is 18.2 Å². The number of fused-ring (bicyclic) bond motifs is 1. The zero-order valence-corrected chi connectivity index (χ0v) is 19.6. The molecule has 1 aromatic heterocycles. The maximum atomic E-state index is 12.4. The van der Waals surface area contributed by atoms with E-state index in [9.17, 15) is 24.3 Å². The number of hydrogen-bond donors (Lipinski definition) is 4. The highest BCUT2D eigenvalue weighted by Crippen LogP contribution is 2.23. The van der Waals surface area contributed by atoms with E-state index in [0.29, 0.717) is 16.7 Å². The van der Waals surface area contributed by atoms with Gasteiger partial charge in [-0.2, -0.15) is 0 Å². The number of carbonyl (C=O) groups is 3. The molecule has 0 spiro atoms. The summed E-state index contributed by atoms with van der Waals surface area (Å²) in [6, 6.07) is 14.0. The number of nitrogens with one attached hydrogen (secondary N) is 2. The number of amides is 3. The van der Waals surface area contributed by atoms with Crippen molar-refractivity contribution in [2.24, 2.45) is 5.73 Å². The minimum Gasteiger partial charge on any atom is -0.497 e. The van der Waals surface area contributed by atoms with Crippen LogP contribution in [0.25, 0.3) is 11.0 Å². The third kappa shape index (κ3) is 7.57. The fraction of sp³-hybridized carbons (Fsp3) is 0.280. The van der Waals surface area contributed by atoms with Crippen LogP contribution in [0.5, 0.6) is 5.75 Å². The Labute approximate surface area is 206 Å². The number of aliphatic hydroxyl groups is 1. The van der Waals surface area contributed by atoms with E-state index >= 15 is 0 Å². The van der Waals surface area contributed by atoms with Gasteiger partial charge in [-0.3, -0.25) is 9.59 Å². The lowest BCUT2D eigenvalue weighted by atomic mass is 10.0. The Kier molecular flexibility index (Phi) is 9.01. The molecule has 5 N–H and O–H groups in total. The highest BCUT2D eigenvalue weighted by molar-refractivity contribution is 5.88. The van der Waals surface area contributed by atoms with Crippen molar-refractivity contribution < 1.29 is 33.4 Å². The Morgan fingerprint density at radius 1 is 1.11 bits per heavy atom. The van der Waals surface area contributed by atoms with Crippen molar-refractivity contribution in [3.63, 3.8) is 0 Å². The highest BCUT2D eigenvalue weighted by Gasteiger charge is 2.22. The largest absolute Gasteiger partial charge is 0.497 e. The van der Waals surface area contributed by atoms with Gasteiger partial charge in [0.2, 0.25) is 11.8 Å². The molecule has 2 aromatic carbocycles. The van der Waals surface area contributed by atoms with Crippen molar-refractivity contribution in [3.05, 3.63) is 76.1 Å². The second-order valence-corrected chi connectivity index (χ2v) is 7.98. The van der Waals surface area contributed by atoms with Gasteiger partial charge in [-0.05, 0) is 23.3 Å². The summed E-state index contributed by atoms with van der Waals surface area (Å²) >= 11 is 0. The number of primary amides is 1. The van der Waals surface area contributed by atoms with Crippen LogP contribution in [-0.4, -0.2) is 48.8 Å². The van der Waals surface area contributed by atoms with E-state index in [2.05, 4.69) is 10.6 Å². The van der Waals surface area contributed by atoms with Crippen LogP contribution in [0.4, 0.5) is 4.79 Å². The third-order valence-corrected chi connectivity index (χ3v) is 5.26. The summed E-state index contributed by atoms with van der Waals surface area (Å²) in [5.41, 5.74) is 6.32. The first-order valence-corrected chi connectivity index (χ1v) is 11.1. The number of benzene rings is 2. The molecule has 3 aromatic rings. The van der Waals surface area contributed by atoms with Gasteiger partial charge in [-0.1, -0.05) is 30.3 Å². The van der Waals surface area contributed by atoms with E-state index in [4.69, 9.17) is 19.6 Å². The lowest BCUT2D eigenvalue weighted by Gasteiger charge is -2.18. The molecule has 0 aliphatic rings. The van der Waals surface area contributed by atoms with Crippen LogP contribution in [-0.2, 0) is 27.4 Å². The Bertz CT molecular complexity index is 1280. The molecule has 11 heteroatoms. The Hall–Kier alpha value is -4.38. The molecule has 3 rings (SSSR count). The molecule has 0 fully saturated rings. The summed E-state index contributed by atoms with van der Waals surface area (Å²) in [4.78, 5) is 48.2. The van der Waals surface area contributed by atoms with Crippen molar-refractivity contribution in [1.82, 2.24) is 10.6 Å². The average Bonchev–Trinajstić information content (AvgIpc) is 2.85. The Morgan fingerprint density at radius 3 is 2.56 bits per heavy atom. The van der Waals surface area contributed by atoms with Crippen LogP contribution in [0.1, 0.15) is 17.5 Å². The standard InChI is InChI=1S/C25H27N3O8/c1-34-18-7-8-19-16(10-23(31)36-21(19)12-18)9-20(24(26)32)28-22(30)11-17(29)13-27-25(33)35-14-15-5-3-2-4-6-15/h2-8,10,12,17,20,29H,9,11,13-14H2,1H3,(H2,26,32)(H,27,33)(H,28,30)/t17-,20+/m1/s1. The fourth-order valence-electron chi connectivity index (χ4n) is 3.46.